The lowest BCUT2D eigenvalue weighted by atomic mass is 10.1. The largest absolute Gasteiger partial charge is 0.261 e. The lowest BCUT2D eigenvalue weighted by Gasteiger charge is -2.02. The third-order valence-corrected chi connectivity index (χ3v) is 3.02. The fourth-order valence-corrected chi connectivity index (χ4v) is 1.88. The first-order valence-corrected chi connectivity index (χ1v) is 5.82. The van der Waals surface area contributed by atoms with Gasteiger partial charge in [-0.05, 0) is 42.9 Å². The Labute approximate surface area is 86.6 Å². The molecule has 0 saturated heterocycles. The van der Waals surface area contributed by atoms with Gasteiger partial charge in [-0.1, -0.05) is 26.2 Å². The predicted octanol–water partition coefficient (Wildman–Crippen LogP) is 3.38. The highest BCUT2D eigenvalue weighted by molar-refractivity contribution is 5.16. The first kappa shape index (κ1) is 9.70. The molecule has 1 aliphatic rings. The fraction of sp³-hybridized carbons (Fsp3) is 0.615. The van der Waals surface area contributed by atoms with Gasteiger partial charge >= 0.3 is 0 Å². The van der Waals surface area contributed by atoms with Crippen molar-refractivity contribution < 1.29 is 0 Å². The summed E-state index contributed by atoms with van der Waals surface area (Å²) in [5.74, 6) is 1.07. The summed E-state index contributed by atoms with van der Waals surface area (Å²) in [7, 11) is 0. The molecule has 1 heterocycles. The molecule has 0 aromatic carbocycles. The first-order chi connectivity index (χ1) is 6.88. The predicted molar refractivity (Wildman–Crippen MR) is 59.3 cm³/mol. The number of hydrogen-bond donors (Lipinski definition) is 0. The van der Waals surface area contributed by atoms with Crippen LogP contribution in [-0.2, 0) is 12.8 Å². The van der Waals surface area contributed by atoms with Crippen LogP contribution in [-0.4, -0.2) is 4.98 Å². The van der Waals surface area contributed by atoms with Crippen molar-refractivity contribution in [3.05, 3.63) is 29.6 Å². The monoisotopic (exact) mass is 189 g/mol. The molecule has 0 radical (unpaired) electrons. The van der Waals surface area contributed by atoms with Crippen LogP contribution in [0.15, 0.2) is 18.3 Å². The minimum Gasteiger partial charge on any atom is -0.261 e. The summed E-state index contributed by atoms with van der Waals surface area (Å²) in [5.41, 5.74) is 2.70. The Morgan fingerprint density at radius 2 is 2.29 bits per heavy atom. The summed E-state index contributed by atoms with van der Waals surface area (Å²) in [6.07, 6.45) is 10.0. The van der Waals surface area contributed by atoms with Crippen molar-refractivity contribution in [3.8, 4) is 0 Å². The van der Waals surface area contributed by atoms with Crippen molar-refractivity contribution in [2.75, 3.05) is 0 Å². The van der Waals surface area contributed by atoms with Crippen LogP contribution in [0.1, 0.15) is 43.9 Å². The van der Waals surface area contributed by atoms with Crippen LogP contribution >= 0.6 is 0 Å². The van der Waals surface area contributed by atoms with Crippen LogP contribution in [0.5, 0.6) is 0 Å². The van der Waals surface area contributed by atoms with Gasteiger partial charge in [0.05, 0.1) is 0 Å². The van der Waals surface area contributed by atoms with Crippen LogP contribution < -0.4 is 0 Å². The highest BCUT2D eigenvalue weighted by Gasteiger charge is 2.19. The van der Waals surface area contributed by atoms with Gasteiger partial charge in [0.1, 0.15) is 0 Å². The number of pyridine rings is 1. The molecule has 0 spiro atoms. The fourth-order valence-electron chi connectivity index (χ4n) is 1.88. The zero-order valence-corrected chi connectivity index (χ0v) is 9.00. The Kier molecular flexibility index (Phi) is 3.18. The smallest absolute Gasteiger partial charge is 0.0403 e. The maximum Gasteiger partial charge on any atom is 0.0403 e. The summed E-state index contributed by atoms with van der Waals surface area (Å²) < 4.78 is 0. The van der Waals surface area contributed by atoms with Gasteiger partial charge in [-0.25, -0.2) is 0 Å². The molecule has 1 saturated carbocycles. The molecule has 1 heteroatoms. The summed E-state index contributed by atoms with van der Waals surface area (Å²) in [5, 5.41) is 0. The molecule has 14 heavy (non-hydrogen) atoms. The van der Waals surface area contributed by atoms with Gasteiger partial charge in [0.25, 0.3) is 0 Å². The quantitative estimate of drug-likeness (QED) is 0.692. The van der Waals surface area contributed by atoms with E-state index in [9.17, 15) is 0 Å². The van der Waals surface area contributed by atoms with Crippen LogP contribution in [0.3, 0.4) is 0 Å². The molecular weight excluding hydrogens is 170 g/mol. The van der Waals surface area contributed by atoms with E-state index >= 15 is 0 Å². The Bertz CT molecular complexity index is 289. The van der Waals surface area contributed by atoms with Gasteiger partial charge in [0, 0.05) is 11.9 Å². The average molecular weight is 189 g/mol. The van der Waals surface area contributed by atoms with Crippen LogP contribution in [0.2, 0.25) is 0 Å². The standard InChI is InChI=1S/C13H19N/c1-2-13-10-12(8-9-14-13)5-3-4-11-6-7-11/h8-11H,2-7H2,1H3. The van der Waals surface area contributed by atoms with Crippen molar-refractivity contribution in [2.24, 2.45) is 5.92 Å². The van der Waals surface area contributed by atoms with Crippen molar-refractivity contribution in [2.45, 2.75) is 45.4 Å². The third kappa shape index (κ3) is 2.83. The van der Waals surface area contributed by atoms with E-state index in [1.807, 2.05) is 6.20 Å². The molecule has 0 bridgehead atoms. The molecule has 76 valence electrons. The highest BCUT2D eigenvalue weighted by Crippen LogP contribution is 2.33. The molecule has 1 nitrogen and oxygen atoms in total. The van der Waals surface area contributed by atoms with Crippen molar-refractivity contribution in [1.29, 1.82) is 0 Å². The van der Waals surface area contributed by atoms with Gasteiger partial charge < -0.3 is 0 Å². The first-order valence-electron chi connectivity index (χ1n) is 5.82. The molecular formula is C13H19N. The second-order valence-corrected chi connectivity index (χ2v) is 4.34. The van der Waals surface area contributed by atoms with Gasteiger partial charge in [-0.2, -0.15) is 0 Å². The van der Waals surface area contributed by atoms with Crippen molar-refractivity contribution in [3.63, 3.8) is 0 Å². The zero-order valence-electron chi connectivity index (χ0n) is 9.00. The maximum absolute atomic E-state index is 4.31. The Balaban J connectivity index is 1.81. The van der Waals surface area contributed by atoms with E-state index in [-0.39, 0.29) is 0 Å². The number of hydrogen-bond acceptors (Lipinski definition) is 1. The molecule has 0 atom stereocenters. The van der Waals surface area contributed by atoms with E-state index < -0.39 is 0 Å². The minimum absolute atomic E-state index is 1.05. The van der Waals surface area contributed by atoms with Crippen LogP contribution in [0.4, 0.5) is 0 Å². The van der Waals surface area contributed by atoms with E-state index in [1.165, 1.54) is 43.4 Å². The minimum atomic E-state index is 1.05. The normalized spacial score (nSPS) is 15.8. The molecule has 0 amide bonds. The molecule has 1 fully saturated rings. The average Bonchev–Trinajstić information content (AvgIpc) is 3.02. The van der Waals surface area contributed by atoms with Crippen LogP contribution in [0.25, 0.3) is 0 Å². The summed E-state index contributed by atoms with van der Waals surface area (Å²) in [6, 6.07) is 4.42. The molecule has 1 aliphatic carbocycles. The molecule has 0 N–H and O–H groups in total. The summed E-state index contributed by atoms with van der Waals surface area (Å²) in [4.78, 5) is 4.31. The van der Waals surface area contributed by atoms with Gasteiger partial charge in [0.2, 0.25) is 0 Å². The highest BCUT2D eigenvalue weighted by atomic mass is 14.7. The van der Waals surface area contributed by atoms with E-state index in [0.29, 0.717) is 0 Å². The Hall–Kier alpha value is -0.850. The number of rotatable bonds is 5. The maximum atomic E-state index is 4.31. The van der Waals surface area contributed by atoms with Gasteiger partial charge in [-0.15, -0.1) is 0 Å². The Morgan fingerprint density at radius 3 is 3.00 bits per heavy atom. The van der Waals surface area contributed by atoms with Crippen molar-refractivity contribution in [1.82, 2.24) is 4.98 Å². The van der Waals surface area contributed by atoms with E-state index in [1.54, 1.807) is 0 Å². The molecule has 1 aromatic heterocycles. The van der Waals surface area contributed by atoms with Gasteiger partial charge in [-0.3, -0.25) is 4.98 Å². The lowest BCUT2D eigenvalue weighted by Crippen LogP contribution is -1.91. The second kappa shape index (κ2) is 4.59. The third-order valence-electron chi connectivity index (χ3n) is 3.02. The van der Waals surface area contributed by atoms with Crippen molar-refractivity contribution >= 4 is 0 Å². The molecule has 2 rings (SSSR count). The second-order valence-electron chi connectivity index (χ2n) is 4.34. The number of aryl methyl sites for hydroxylation is 2. The van der Waals surface area contributed by atoms with E-state index in [2.05, 4.69) is 24.0 Å². The van der Waals surface area contributed by atoms with Crippen LogP contribution in [0, 0.1) is 5.92 Å². The number of nitrogens with zero attached hydrogens (tertiary/aromatic N) is 1. The van der Waals surface area contributed by atoms with E-state index in [0.717, 1.165) is 12.3 Å². The van der Waals surface area contributed by atoms with E-state index in [4.69, 9.17) is 0 Å². The van der Waals surface area contributed by atoms with Gasteiger partial charge in [0.15, 0.2) is 0 Å². The summed E-state index contributed by atoms with van der Waals surface area (Å²) >= 11 is 0. The molecule has 0 aliphatic heterocycles. The molecule has 0 unspecified atom stereocenters. The lowest BCUT2D eigenvalue weighted by molar-refractivity contribution is 0.665. The SMILES string of the molecule is CCc1cc(CCCC2CC2)ccn1. The summed E-state index contributed by atoms with van der Waals surface area (Å²) in [6.45, 7) is 2.16. The number of aromatic nitrogens is 1. The molecule has 1 aromatic rings. The Morgan fingerprint density at radius 1 is 1.43 bits per heavy atom. The zero-order chi connectivity index (χ0) is 9.80. The topological polar surface area (TPSA) is 12.9 Å².